The van der Waals surface area contributed by atoms with Crippen LogP contribution in [-0.4, -0.2) is 18.8 Å². The zero-order valence-electron chi connectivity index (χ0n) is 16.5. The molecule has 2 aliphatic carbocycles. The zero-order chi connectivity index (χ0) is 18.4. The highest BCUT2D eigenvalue weighted by Crippen LogP contribution is 2.45. The molecule has 0 bridgehead atoms. The number of benzene rings is 1. The van der Waals surface area contributed by atoms with E-state index in [4.69, 9.17) is 14.2 Å². The van der Waals surface area contributed by atoms with E-state index in [0.29, 0.717) is 12.7 Å². The molecule has 0 amide bonds. The number of allylic oxidation sites excluding steroid dienone is 1. The van der Waals surface area contributed by atoms with Crippen LogP contribution in [0.5, 0.6) is 17.2 Å². The second-order valence-electron chi connectivity index (χ2n) is 7.74. The van der Waals surface area contributed by atoms with Gasteiger partial charge in [0.2, 0.25) is 5.75 Å². The molecule has 0 N–H and O–H groups in total. The molecule has 3 rings (SSSR count). The van der Waals surface area contributed by atoms with Crippen LogP contribution in [0.2, 0.25) is 0 Å². The molecule has 0 radical (unpaired) electrons. The quantitative estimate of drug-likeness (QED) is 0.554. The molecule has 26 heavy (non-hydrogen) atoms. The van der Waals surface area contributed by atoms with Gasteiger partial charge < -0.3 is 14.2 Å². The van der Waals surface area contributed by atoms with Crippen molar-refractivity contribution >= 4 is 5.57 Å². The number of hydrogen-bond acceptors (Lipinski definition) is 3. The molecular weight excluding hydrogens is 324 g/mol. The molecule has 0 aromatic heterocycles. The summed E-state index contributed by atoms with van der Waals surface area (Å²) in [6.45, 7) is 8.76. The first-order chi connectivity index (χ1) is 12.7. The van der Waals surface area contributed by atoms with Gasteiger partial charge in [-0.2, -0.15) is 0 Å². The van der Waals surface area contributed by atoms with Crippen LogP contribution in [0.1, 0.15) is 83.6 Å². The molecule has 2 fully saturated rings. The van der Waals surface area contributed by atoms with Crippen molar-refractivity contribution in [2.75, 3.05) is 6.61 Å². The van der Waals surface area contributed by atoms with Crippen LogP contribution in [0.3, 0.4) is 0 Å². The van der Waals surface area contributed by atoms with E-state index < -0.39 is 0 Å². The Bertz CT molecular complexity index is 596. The van der Waals surface area contributed by atoms with Crippen LogP contribution >= 0.6 is 0 Å². The van der Waals surface area contributed by atoms with E-state index in [9.17, 15) is 0 Å². The van der Waals surface area contributed by atoms with Crippen LogP contribution < -0.4 is 14.2 Å². The first-order valence-electron chi connectivity index (χ1n) is 10.5. The average molecular weight is 359 g/mol. The van der Waals surface area contributed by atoms with Gasteiger partial charge in [0.25, 0.3) is 0 Å². The third-order valence-corrected chi connectivity index (χ3v) is 5.51. The van der Waals surface area contributed by atoms with Gasteiger partial charge in [-0.25, -0.2) is 0 Å². The minimum Gasteiger partial charge on any atom is -0.489 e. The Morgan fingerprint density at radius 3 is 2.00 bits per heavy atom. The van der Waals surface area contributed by atoms with Gasteiger partial charge in [-0.15, -0.1) is 0 Å². The predicted octanol–water partition coefficient (Wildman–Crippen LogP) is 6.54. The predicted molar refractivity (Wildman–Crippen MR) is 107 cm³/mol. The molecular formula is C23H34O3. The third-order valence-electron chi connectivity index (χ3n) is 5.51. The van der Waals surface area contributed by atoms with E-state index in [1.807, 2.05) is 13.8 Å². The van der Waals surface area contributed by atoms with E-state index in [2.05, 4.69) is 18.7 Å². The number of rotatable bonds is 7. The SMILES string of the molecule is C=C(C)c1ccc(OC2CCCCC2)c(OC2CCCCC2)c1OCC. The first-order valence-corrected chi connectivity index (χ1v) is 10.5. The lowest BCUT2D eigenvalue weighted by atomic mass is 9.97. The number of hydrogen-bond donors (Lipinski definition) is 0. The lowest BCUT2D eigenvalue weighted by Crippen LogP contribution is -2.23. The second kappa shape index (κ2) is 9.34. The molecule has 0 aliphatic heterocycles. The molecule has 3 heteroatoms. The molecule has 0 unspecified atom stereocenters. The Labute approximate surface area is 158 Å². The second-order valence-corrected chi connectivity index (χ2v) is 7.74. The summed E-state index contributed by atoms with van der Waals surface area (Å²) < 4.78 is 19.0. The van der Waals surface area contributed by atoms with Gasteiger partial charge in [0.1, 0.15) is 0 Å². The van der Waals surface area contributed by atoms with Gasteiger partial charge in [0.15, 0.2) is 11.5 Å². The fourth-order valence-corrected chi connectivity index (χ4v) is 4.08. The van der Waals surface area contributed by atoms with Gasteiger partial charge in [-0.05, 0) is 82.9 Å². The van der Waals surface area contributed by atoms with Crippen LogP contribution in [0, 0.1) is 0 Å². The first kappa shape index (κ1) is 19.1. The van der Waals surface area contributed by atoms with Crippen LogP contribution in [-0.2, 0) is 0 Å². The molecule has 1 aromatic rings. The highest BCUT2D eigenvalue weighted by Gasteiger charge is 2.25. The normalized spacial score (nSPS) is 19.2. The van der Waals surface area contributed by atoms with Crippen molar-refractivity contribution in [1.82, 2.24) is 0 Å². The van der Waals surface area contributed by atoms with Crippen molar-refractivity contribution in [3.05, 3.63) is 24.3 Å². The van der Waals surface area contributed by atoms with Crippen molar-refractivity contribution in [3.8, 4) is 17.2 Å². The van der Waals surface area contributed by atoms with E-state index in [1.165, 1.54) is 38.5 Å². The fraction of sp³-hybridized carbons (Fsp3) is 0.652. The van der Waals surface area contributed by atoms with Gasteiger partial charge in [-0.3, -0.25) is 0 Å². The molecule has 1 aromatic carbocycles. The van der Waals surface area contributed by atoms with Crippen LogP contribution in [0.15, 0.2) is 18.7 Å². The average Bonchev–Trinajstić information content (AvgIpc) is 2.66. The summed E-state index contributed by atoms with van der Waals surface area (Å²) in [4.78, 5) is 0. The summed E-state index contributed by atoms with van der Waals surface area (Å²) in [6.07, 6.45) is 12.7. The number of ether oxygens (including phenoxy) is 3. The molecule has 0 spiro atoms. The molecule has 144 valence electrons. The summed E-state index contributed by atoms with van der Waals surface area (Å²) in [6, 6.07) is 4.12. The van der Waals surface area contributed by atoms with Gasteiger partial charge in [0.05, 0.1) is 18.8 Å². The van der Waals surface area contributed by atoms with Gasteiger partial charge in [0, 0.05) is 5.56 Å². The fourth-order valence-electron chi connectivity index (χ4n) is 4.08. The Morgan fingerprint density at radius 1 is 0.885 bits per heavy atom. The van der Waals surface area contributed by atoms with Gasteiger partial charge >= 0.3 is 0 Å². The minimum atomic E-state index is 0.261. The highest BCUT2D eigenvalue weighted by atomic mass is 16.6. The third kappa shape index (κ3) is 4.75. The van der Waals surface area contributed by atoms with Crippen LogP contribution in [0.25, 0.3) is 5.57 Å². The molecule has 0 heterocycles. The van der Waals surface area contributed by atoms with Crippen molar-refractivity contribution in [2.45, 2.75) is 90.3 Å². The summed E-state index contributed by atoms with van der Waals surface area (Å²) >= 11 is 0. The smallest absolute Gasteiger partial charge is 0.204 e. The summed E-state index contributed by atoms with van der Waals surface area (Å²) in [5, 5.41) is 0. The largest absolute Gasteiger partial charge is 0.489 e. The minimum absolute atomic E-state index is 0.261. The van der Waals surface area contributed by atoms with E-state index in [-0.39, 0.29) is 6.10 Å². The monoisotopic (exact) mass is 358 g/mol. The van der Waals surface area contributed by atoms with E-state index >= 15 is 0 Å². The Balaban J connectivity index is 1.91. The van der Waals surface area contributed by atoms with Crippen molar-refractivity contribution in [1.29, 1.82) is 0 Å². The molecule has 3 nitrogen and oxygen atoms in total. The molecule has 0 saturated heterocycles. The van der Waals surface area contributed by atoms with Crippen molar-refractivity contribution in [2.24, 2.45) is 0 Å². The highest BCUT2D eigenvalue weighted by molar-refractivity contribution is 5.73. The Morgan fingerprint density at radius 2 is 1.46 bits per heavy atom. The van der Waals surface area contributed by atoms with E-state index in [0.717, 1.165) is 54.1 Å². The Kier molecular flexibility index (Phi) is 6.87. The summed E-state index contributed by atoms with van der Waals surface area (Å²) in [5.74, 6) is 2.44. The van der Waals surface area contributed by atoms with E-state index in [1.54, 1.807) is 0 Å². The summed E-state index contributed by atoms with van der Waals surface area (Å²) in [7, 11) is 0. The zero-order valence-corrected chi connectivity index (χ0v) is 16.5. The molecule has 0 atom stereocenters. The molecule has 2 saturated carbocycles. The maximum absolute atomic E-state index is 6.51. The van der Waals surface area contributed by atoms with Crippen molar-refractivity contribution < 1.29 is 14.2 Å². The topological polar surface area (TPSA) is 27.7 Å². The molecule has 2 aliphatic rings. The van der Waals surface area contributed by atoms with Crippen molar-refractivity contribution in [3.63, 3.8) is 0 Å². The maximum atomic E-state index is 6.51. The van der Waals surface area contributed by atoms with Crippen LogP contribution in [0.4, 0.5) is 0 Å². The van der Waals surface area contributed by atoms with Gasteiger partial charge in [-0.1, -0.05) is 19.4 Å². The Hall–Kier alpha value is -1.64. The lowest BCUT2D eigenvalue weighted by Gasteiger charge is -2.29. The summed E-state index contributed by atoms with van der Waals surface area (Å²) in [5.41, 5.74) is 2.01. The standard InChI is InChI=1S/C23H34O3/c1-4-24-22-20(17(2)3)15-16-21(25-18-11-7-5-8-12-18)23(22)26-19-13-9-6-10-14-19/h15-16,18-19H,2,4-14H2,1,3H3. The lowest BCUT2D eigenvalue weighted by molar-refractivity contribution is 0.118. The maximum Gasteiger partial charge on any atom is 0.204 e.